The van der Waals surface area contributed by atoms with Gasteiger partial charge in [0, 0.05) is 9.13 Å². The molecule has 0 aliphatic heterocycles. The van der Waals surface area contributed by atoms with Gasteiger partial charge in [-0.1, -0.05) is 42.5 Å². The fraction of sp³-hybridized carbons (Fsp3) is 0.0667. The van der Waals surface area contributed by atoms with Crippen LogP contribution in [-0.2, 0) is 0 Å². The first-order chi connectivity index (χ1) is 8.72. The Morgan fingerprint density at radius 3 is 2.22 bits per heavy atom. The molecule has 0 aromatic heterocycles. The van der Waals surface area contributed by atoms with Gasteiger partial charge in [-0.25, -0.2) is 0 Å². The molecular formula is C15H10INO. The van der Waals surface area contributed by atoms with Gasteiger partial charge in [0.15, 0.2) is 5.78 Å². The van der Waals surface area contributed by atoms with Crippen molar-refractivity contribution in [3.63, 3.8) is 0 Å². The Morgan fingerprint density at radius 1 is 1.06 bits per heavy atom. The van der Waals surface area contributed by atoms with Gasteiger partial charge < -0.3 is 0 Å². The van der Waals surface area contributed by atoms with E-state index < -0.39 is 5.92 Å². The number of nitriles is 1. The van der Waals surface area contributed by atoms with Crippen molar-refractivity contribution in [3.8, 4) is 6.07 Å². The Morgan fingerprint density at radius 2 is 1.67 bits per heavy atom. The zero-order valence-electron chi connectivity index (χ0n) is 9.51. The van der Waals surface area contributed by atoms with E-state index in [2.05, 4.69) is 28.7 Å². The lowest BCUT2D eigenvalue weighted by molar-refractivity contribution is 0.0979. The van der Waals surface area contributed by atoms with Crippen molar-refractivity contribution in [1.82, 2.24) is 0 Å². The number of hydrogen-bond donors (Lipinski definition) is 0. The molecule has 2 rings (SSSR count). The van der Waals surface area contributed by atoms with E-state index in [0.29, 0.717) is 5.56 Å². The predicted octanol–water partition coefficient (Wildman–Crippen LogP) is 3.78. The normalized spacial score (nSPS) is 11.6. The zero-order valence-corrected chi connectivity index (χ0v) is 11.7. The highest BCUT2D eigenvalue weighted by Crippen LogP contribution is 2.20. The predicted molar refractivity (Wildman–Crippen MR) is 78.3 cm³/mol. The van der Waals surface area contributed by atoms with Gasteiger partial charge in [0.25, 0.3) is 0 Å². The van der Waals surface area contributed by atoms with Crippen molar-refractivity contribution >= 4 is 28.4 Å². The molecule has 18 heavy (non-hydrogen) atoms. The largest absolute Gasteiger partial charge is 0.292 e. The molecule has 3 heteroatoms. The lowest BCUT2D eigenvalue weighted by atomic mass is 9.92. The summed E-state index contributed by atoms with van der Waals surface area (Å²) in [4.78, 5) is 12.3. The van der Waals surface area contributed by atoms with Gasteiger partial charge in [-0.05, 0) is 40.3 Å². The second-order valence-electron chi connectivity index (χ2n) is 3.84. The lowest BCUT2D eigenvalue weighted by Crippen LogP contribution is -2.11. The van der Waals surface area contributed by atoms with Gasteiger partial charge >= 0.3 is 0 Å². The first-order valence-corrected chi connectivity index (χ1v) is 6.54. The van der Waals surface area contributed by atoms with Crippen LogP contribution in [-0.4, -0.2) is 5.78 Å². The molecular weight excluding hydrogens is 337 g/mol. The number of carbonyl (C=O) groups is 1. The maximum Gasteiger partial charge on any atom is 0.184 e. The molecule has 0 aliphatic carbocycles. The maximum absolute atomic E-state index is 12.3. The van der Waals surface area contributed by atoms with E-state index in [-0.39, 0.29) is 5.78 Å². The first-order valence-electron chi connectivity index (χ1n) is 5.46. The molecule has 2 aromatic rings. The molecule has 0 N–H and O–H groups in total. The molecule has 0 bridgehead atoms. The smallest absolute Gasteiger partial charge is 0.184 e. The number of benzene rings is 2. The molecule has 1 atom stereocenters. The van der Waals surface area contributed by atoms with Crippen LogP contribution in [0.2, 0.25) is 0 Å². The van der Waals surface area contributed by atoms with E-state index in [1.807, 2.05) is 30.3 Å². The van der Waals surface area contributed by atoms with E-state index >= 15 is 0 Å². The van der Waals surface area contributed by atoms with Crippen molar-refractivity contribution in [3.05, 3.63) is 69.3 Å². The van der Waals surface area contributed by atoms with Crippen LogP contribution in [0.15, 0.2) is 54.6 Å². The number of Topliss-reactive ketones (excluding diaryl/α,β-unsaturated/α-hetero) is 1. The van der Waals surface area contributed by atoms with Crippen LogP contribution in [0.25, 0.3) is 0 Å². The number of halogens is 1. The lowest BCUT2D eigenvalue weighted by Gasteiger charge is -2.08. The maximum atomic E-state index is 12.3. The summed E-state index contributed by atoms with van der Waals surface area (Å²) in [5, 5.41) is 9.19. The first kappa shape index (κ1) is 12.8. The second kappa shape index (κ2) is 5.78. The van der Waals surface area contributed by atoms with Crippen molar-refractivity contribution in [2.75, 3.05) is 0 Å². The summed E-state index contributed by atoms with van der Waals surface area (Å²) in [6.45, 7) is 0. The van der Waals surface area contributed by atoms with E-state index in [0.717, 1.165) is 9.13 Å². The molecule has 0 fully saturated rings. The Kier molecular flexibility index (Phi) is 4.11. The summed E-state index contributed by atoms with van der Waals surface area (Å²) in [7, 11) is 0. The van der Waals surface area contributed by atoms with Gasteiger partial charge in [-0.3, -0.25) is 4.79 Å². The Hall–Kier alpha value is -1.67. The summed E-state index contributed by atoms with van der Waals surface area (Å²) in [6.07, 6.45) is 0. The minimum absolute atomic E-state index is 0.153. The van der Waals surface area contributed by atoms with Gasteiger partial charge in [-0.15, -0.1) is 0 Å². The van der Waals surface area contributed by atoms with E-state index in [4.69, 9.17) is 0 Å². The fourth-order valence-electron chi connectivity index (χ4n) is 1.71. The molecule has 0 aliphatic rings. The highest BCUT2D eigenvalue weighted by atomic mass is 127. The summed E-state index contributed by atoms with van der Waals surface area (Å²) < 4.78 is 1.07. The van der Waals surface area contributed by atoms with E-state index in [1.165, 1.54) is 0 Å². The molecule has 1 unspecified atom stereocenters. The SMILES string of the molecule is N#CC(C(=O)c1ccc(I)cc1)c1ccccc1. The summed E-state index contributed by atoms with van der Waals surface area (Å²) >= 11 is 2.18. The van der Waals surface area contributed by atoms with Crippen LogP contribution in [0.1, 0.15) is 21.8 Å². The number of carbonyl (C=O) groups excluding carboxylic acids is 1. The second-order valence-corrected chi connectivity index (χ2v) is 5.09. The molecule has 0 saturated heterocycles. The number of hydrogen-bond acceptors (Lipinski definition) is 2. The zero-order chi connectivity index (χ0) is 13.0. The number of ketones is 1. The number of nitrogens with zero attached hydrogens (tertiary/aromatic N) is 1. The van der Waals surface area contributed by atoms with Crippen LogP contribution in [0.5, 0.6) is 0 Å². The number of rotatable bonds is 3. The molecule has 0 amide bonds. The molecule has 2 aromatic carbocycles. The van der Waals surface area contributed by atoms with E-state index in [1.54, 1.807) is 24.3 Å². The topological polar surface area (TPSA) is 40.9 Å². The summed E-state index contributed by atoms with van der Waals surface area (Å²) in [6, 6.07) is 18.5. The highest BCUT2D eigenvalue weighted by molar-refractivity contribution is 14.1. The Balaban J connectivity index is 2.32. The standard InChI is InChI=1S/C15H10INO/c16-13-8-6-12(7-9-13)15(18)14(10-17)11-4-2-1-3-5-11/h1-9,14H. The van der Waals surface area contributed by atoms with Crippen LogP contribution in [0, 0.1) is 14.9 Å². The average Bonchev–Trinajstić information content (AvgIpc) is 2.41. The van der Waals surface area contributed by atoms with Crippen molar-refractivity contribution in [1.29, 1.82) is 5.26 Å². The quantitative estimate of drug-likeness (QED) is 0.626. The molecule has 2 nitrogen and oxygen atoms in total. The van der Waals surface area contributed by atoms with Crippen molar-refractivity contribution < 1.29 is 4.79 Å². The average molecular weight is 347 g/mol. The van der Waals surface area contributed by atoms with Crippen molar-refractivity contribution in [2.24, 2.45) is 0 Å². The minimum Gasteiger partial charge on any atom is -0.292 e. The van der Waals surface area contributed by atoms with Crippen LogP contribution >= 0.6 is 22.6 Å². The monoisotopic (exact) mass is 347 g/mol. The molecule has 88 valence electrons. The van der Waals surface area contributed by atoms with Crippen molar-refractivity contribution in [2.45, 2.75) is 5.92 Å². The minimum atomic E-state index is -0.730. The third-order valence-electron chi connectivity index (χ3n) is 2.65. The fourth-order valence-corrected chi connectivity index (χ4v) is 2.07. The Bertz CT molecular complexity index is 584. The van der Waals surface area contributed by atoms with Gasteiger partial charge in [0.2, 0.25) is 0 Å². The van der Waals surface area contributed by atoms with E-state index in [9.17, 15) is 10.1 Å². The third-order valence-corrected chi connectivity index (χ3v) is 3.37. The molecule has 0 saturated carbocycles. The van der Waals surface area contributed by atoms with Gasteiger partial charge in [0.1, 0.15) is 5.92 Å². The van der Waals surface area contributed by atoms with Crippen LogP contribution in [0.4, 0.5) is 0 Å². The van der Waals surface area contributed by atoms with Gasteiger partial charge in [0.05, 0.1) is 6.07 Å². The highest BCUT2D eigenvalue weighted by Gasteiger charge is 2.21. The third kappa shape index (κ3) is 2.77. The molecule has 0 radical (unpaired) electrons. The van der Waals surface area contributed by atoms with Crippen LogP contribution < -0.4 is 0 Å². The molecule has 0 spiro atoms. The van der Waals surface area contributed by atoms with Crippen LogP contribution in [0.3, 0.4) is 0 Å². The summed E-state index contributed by atoms with van der Waals surface area (Å²) in [5.74, 6) is -0.883. The molecule has 0 heterocycles. The Labute approximate surface area is 119 Å². The van der Waals surface area contributed by atoms with Gasteiger partial charge in [-0.2, -0.15) is 5.26 Å². The summed E-state index contributed by atoms with van der Waals surface area (Å²) in [5.41, 5.74) is 1.31.